The second kappa shape index (κ2) is 12.6. The van der Waals surface area contributed by atoms with Crippen molar-refractivity contribution >= 4 is 50.2 Å². The first kappa shape index (κ1) is 28.1. The van der Waals surface area contributed by atoms with Crippen LogP contribution in [0.15, 0.2) is 12.3 Å². The molecule has 1 saturated carbocycles. The molecule has 0 atom stereocenters. The van der Waals surface area contributed by atoms with E-state index in [0.717, 1.165) is 52.7 Å². The van der Waals surface area contributed by atoms with Crippen LogP contribution in [0.4, 0.5) is 5.82 Å². The molecule has 0 spiro atoms. The third-order valence-corrected chi connectivity index (χ3v) is 10.7. The predicted octanol–water partition coefficient (Wildman–Crippen LogP) is 6.89. The molecule has 0 radical (unpaired) electrons. The lowest BCUT2D eigenvalue weighted by atomic mass is 9.86. The van der Waals surface area contributed by atoms with Crippen LogP contribution < -0.4 is 4.90 Å². The Morgan fingerprint density at radius 2 is 1.56 bits per heavy atom. The lowest BCUT2D eigenvalue weighted by Gasteiger charge is -2.27. The average Bonchev–Trinajstić information content (AvgIpc) is 3.12. The largest absolute Gasteiger partial charge is 0.361 e. The summed E-state index contributed by atoms with van der Waals surface area (Å²) in [5.74, 6) is 1.77. The van der Waals surface area contributed by atoms with Gasteiger partial charge >= 0.3 is 0 Å². The average molecular weight is 617 g/mol. The first-order valence-electron chi connectivity index (χ1n) is 13.0. The van der Waals surface area contributed by atoms with Gasteiger partial charge in [0, 0.05) is 41.1 Å². The molecule has 6 nitrogen and oxygen atoms in total. The van der Waals surface area contributed by atoms with E-state index in [1.165, 1.54) is 37.8 Å². The first-order valence-corrected chi connectivity index (χ1v) is 21.4. The van der Waals surface area contributed by atoms with Crippen molar-refractivity contribution < 1.29 is 9.47 Å². The predicted molar refractivity (Wildman–Crippen MR) is 156 cm³/mol. The molecule has 192 valence electrons. The van der Waals surface area contributed by atoms with Gasteiger partial charge in [-0.2, -0.15) is 9.61 Å². The second-order valence-electron chi connectivity index (χ2n) is 12.3. The number of nitrogens with zero attached hydrogens (tertiary/aromatic N) is 4. The number of fused-ring (bicyclic) bond motifs is 1. The van der Waals surface area contributed by atoms with E-state index in [1.54, 1.807) is 0 Å². The van der Waals surface area contributed by atoms with Gasteiger partial charge in [0.15, 0.2) is 5.65 Å². The van der Waals surface area contributed by atoms with Gasteiger partial charge in [-0.1, -0.05) is 71.4 Å². The van der Waals surface area contributed by atoms with Crippen LogP contribution >= 0.6 is 22.6 Å². The van der Waals surface area contributed by atoms with Crippen LogP contribution in [-0.4, -0.2) is 57.4 Å². The van der Waals surface area contributed by atoms with Gasteiger partial charge in [-0.15, -0.1) is 0 Å². The lowest BCUT2D eigenvalue weighted by molar-refractivity contribution is 0.0942. The number of rotatable bonds is 13. The molecule has 3 rings (SSSR count). The van der Waals surface area contributed by atoms with Crippen LogP contribution in [0.2, 0.25) is 51.4 Å². The number of anilines is 1. The quantitative estimate of drug-likeness (QED) is 0.106. The SMILES string of the molecule is C[Si](C)(C)CCOCN(COCC[Si](C)(C)C)c1cc(CC2CCCCC2)nc2c(I)cnn12. The normalized spacial score (nSPS) is 15.9. The summed E-state index contributed by atoms with van der Waals surface area (Å²) in [6, 6.07) is 4.56. The van der Waals surface area contributed by atoms with Crippen molar-refractivity contribution in [3.8, 4) is 0 Å². The fourth-order valence-electron chi connectivity index (χ4n) is 4.26. The highest BCUT2D eigenvalue weighted by Gasteiger charge is 2.21. The van der Waals surface area contributed by atoms with Crippen molar-refractivity contribution in [3.05, 3.63) is 21.5 Å². The minimum atomic E-state index is -1.13. The Bertz CT molecular complexity index is 883. The zero-order chi connectivity index (χ0) is 24.8. The summed E-state index contributed by atoms with van der Waals surface area (Å²) in [5, 5.41) is 4.67. The van der Waals surface area contributed by atoms with Gasteiger partial charge in [-0.05, 0) is 47.0 Å². The summed E-state index contributed by atoms with van der Waals surface area (Å²) in [5.41, 5.74) is 2.11. The smallest absolute Gasteiger partial charge is 0.171 e. The molecule has 34 heavy (non-hydrogen) atoms. The van der Waals surface area contributed by atoms with E-state index >= 15 is 0 Å². The van der Waals surface area contributed by atoms with Gasteiger partial charge in [-0.25, -0.2) is 4.98 Å². The van der Waals surface area contributed by atoms with Crippen LogP contribution in [0, 0.1) is 9.49 Å². The molecule has 1 aliphatic rings. The molecule has 1 fully saturated rings. The molecule has 2 aromatic heterocycles. The summed E-state index contributed by atoms with van der Waals surface area (Å²) in [6.45, 7) is 17.0. The molecule has 0 aliphatic heterocycles. The van der Waals surface area contributed by atoms with Gasteiger partial charge in [0.1, 0.15) is 19.3 Å². The maximum absolute atomic E-state index is 6.20. The van der Waals surface area contributed by atoms with Crippen LogP contribution in [-0.2, 0) is 15.9 Å². The Morgan fingerprint density at radius 3 is 2.12 bits per heavy atom. The Hall–Kier alpha value is -0.496. The number of hydrogen-bond donors (Lipinski definition) is 0. The van der Waals surface area contributed by atoms with Crippen LogP contribution in [0.5, 0.6) is 0 Å². The Morgan fingerprint density at radius 1 is 0.971 bits per heavy atom. The summed E-state index contributed by atoms with van der Waals surface area (Å²) in [7, 11) is -2.27. The zero-order valence-corrected chi connectivity index (χ0v) is 26.4. The highest BCUT2D eigenvalue weighted by molar-refractivity contribution is 14.1. The zero-order valence-electron chi connectivity index (χ0n) is 22.2. The van der Waals surface area contributed by atoms with Crippen molar-refractivity contribution in [1.82, 2.24) is 14.6 Å². The third-order valence-electron chi connectivity index (χ3n) is 6.50. The molecule has 0 amide bonds. The fraction of sp³-hybridized carbons (Fsp3) is 0.760. The molecule has 0 saturated heterocycles. The fourth-order valence-corrected chi connectivity index (χ4v) is 6.25. The molecule has 1 aliphatic carbocycles. The highest BCUT2D eigenvalue weighted by atomic mass is 127. The maximum atomic E-state index is 6.20. The van der Waals surface area contributed by atoms with E-state index in [4.69, 9.17) is 14.5 Å². The van der Waals surface area contributed by atoms with Crippen molar-refractivity contribution in [1.29, 1.82) is 0 Å². The number of aromatic nitrogens is 3. The van der Waals surface area contributed by atoms with E-state index in [9.17, 15) is 0 Å². The molecule has 2 heterocycles. The summed E-state index contributed by atoms with van der Waals surface area (Å²) in [6.07, 6.45) is 9.69. The molecular formula is C25H45IN4O2Si2. The molecule has 9 heteroatoms. The molecule has 0 N–H and O–H groups in total. The molecule has 0 bridgehead atoms. The van der Waals surface area contributed by atoms with Crippen molar-refractivity contribution in [2.24, 2.45) is 5.92 Å². The molecule has 0 aromatic carbocycles. The number of ether oxygens (including phenoxy) is 2. The van der Waals surface area contributed by atoms with Gasteiger partial charge in [0.25, 0.3) is 0 Å². The summed E-state index contributed by atoms with van der Waals surface area (Å²) >= 11 is 2.35. The maximum Gasteiger partial charge on any atom is 0.171 e. The van der Waals surface area contributed by atoms with Crippen LogP contribution in [0.25, 0.3) is 5.65 Å². The van der Waals surface area contributed by atoms with Crippen molar-refractivity contribution in [3.63, 3.8) is 0 Å². The van der Waals surface area contributed by atoms with Crippen LogP contribution in [0.1, 0.15) is 37.8 Å². The standard InChI is InChI=1S/C25H45IN4O2Si2/c1-33(2,3)14-12-31-19-29(20-32-13-15-34(4,5)6)24-17-22(16-21-10-8-7-9-11-21)28-25-23(26)18-27-30(24)25/h17-18,21H,7-16,19-20H2,1-6H3. The Kier molecular flexibility index (Phi) is 10.4. The lowest BCUT2D eigenvalue weighted by Crippen LogP contribution is -2.33. The van der Waals surface area contributed by atoms with Gasteiger partial charge in [-0.3, -0.25) is 0 Å². The second-order valence-corrected chi connectivity index (χ2v) is 24.7. The molecule has 0 unspecified atom stereocenters. The van der Waals surface area contributed by atoms with Gasteiger partial charge in [0.05, 0.1) is 9.77 Å². The number of halogens is 1. The monoisotopic (exact) mass is 616 g/mol. The highest BCUT2D eigenvalue weighted by Crippen LogP contribution is 2.29. The molecular weight excluding hydrogens is 571 g/mol. The summed E-state index contributed by atoms with van der Waals surface area (Å²) in [4.78, 5) is 7.23. The van der Waals surface area contributed by atoms with Crippen LogP contribution in [0.3, 0.4) is 0 Å². The van der Waals surface area contributed by atoms with Gasteiger partial charge < -0.3 is 14.4 Å². The van der Waals surface area contributed by atoms with E-state index in [0.29, 0.717) is 13.5 Å². The van der Waals surface area contributed by atoms with Crippen molar-refractivity contribution in [2.45, 2.75) is 89.9 Å². The van der Waals surface area contributed by atoms with E-state index in [1.807, 2.05) is 10.7 Å². The Labute approximate surface area is 222 Å². The third kappa shape index (κ3) is 9.18. The Balaban J connectivity index is 1.80. The topological polar surface area (TPSA) is 51.9 Å². The first-order chi connectivity index (χ1) is 16.0. The minimum absolute atomic E-state index is 0.510. The van der Waals surface area contributed by atoms with Crippen molar-refractivity contribution in [2.75, 3.05) is 31.6 Å². The van der Waals surface area contributed by atoms with E-state index in [-0.39, 0.29) is 0 Å². The van der Waals surface area contributed by atoms with Gasteiger partial charge in [0.2, 0.25) is 0 Å². The molecule has 2 aromatic rings. The number of hydrogen-bond acceptors (Lipinski definition) is 5. The van der Waals surface area contributed by atoms with E-state index in [2.05, 4.69) is 77.9 Å². The van der Waals surface area contributed by atoms with E-state index < -0.39 is 16.1 Å². The summed E-state index contributed by atoms with van der Waals surface area (Å²) < 4.78 is 15.4. The minimum Gasteiger partial charge on any atom is -0.361 e.